The Morgan fingerprint density at radius 1 is 1.11 bits per heavy atom. The summed E-state index contributed by atoms with van der Waals surface area (Å²) in [6.07, 6.45) is 15.6. The third kappa shape index (κ3) is 2.96. The predicted octanol–water partition coefficient (Wildman–Crippen LogP) is 4.54. The highest BCUT2D eigenvalue weighted by molar-refractivity contribution is 5.87. The quantitative estimate of drug-likeness (QED) is 0.583. The molecular formula is C24H37NO2. The second-order valence-corrected chi connectivity index (χ2v) is 10.5. The molecule has 0 aliphatic heterocycles. The van der Waals surface area contributed by atoms with Gasteiger partial charge in [0.1, 0.15) is 12.1 Å². The van der Waals surface area contributed by atoms with E-state index in [2.05, 4.69) is 26.0 Å². The number of Topliss-reactive ketones (excluding diaryl/α,β-unsaturated/α-hetero) is 1. The summed E-state index contributed by atoms with van der Waals surface area (Å²) in [5.41, 5.74) is 5.84. The Bertz CT molecular complexity index is 628. The average Bonchev–Trinajstić information content (AvgIpc) is 2.96. The molecule has 0 aromatic carbocycles. The van der Waals surface area contributed by atoms with E-state index in [1.165, 1.54) is 25.5 Å². The zero-order chi connectivity index (χ0) is 19.2. The minimum atomic E-state index is -0.145. The van der Waals surface area contributed by atoms with Crippen LogP contribution in [0.25, 0.3) is 0 Å². The van der Waals surface area contributed by atoms with Gasteiger partial charge in [-0.05, 0) is 92.9 Å². The molecule has 3 heteroatoms. The smallest absolute Gasteiger partial charge is 0.139 e. The molecule has 0 aromatic rings. The van der Waals surface area contributed by atoms with Crippen LogP contribution in [-0.4, -0.2) is 18.6 Å². The first kappa shape index (κ1) is 19.4. The fourth-order valence-electron chi connectivity index (χ4n) is 7.83. The van der Waals surface area contributed by atoms with Crippen molar-refractivity contribution in [1.29, 1.82) is 0 Å². The van der Waals surface area contributed by atoms with Crippen LogP contribution < -0.4 is 5.73 Å². The van der Waals surface area contributed by atoms with E-state index in [9.17, 15) is 9.59 Å². The van der Waals surface area contributed by atoms with E-state index in [1.54, 1.807) is 0 Å². The van der Waals surface area contributed by atoms with Gasteiger partial charge in [0.05, 0.1) is 0 Å². The molecule has 4 aliphatic rings. The number of ketones is 1. The standard InChI is InChI=1S/C24H37NO2/c1-23-10-8-16(5-3-4-12-25)13-18(23)14-17(15-26)22-19-6-7-21(27)24(19,2)11-9-20(22)23/h3,5,15-20,22H,4,6-14,25H2,1-2H3/t16-,17?,18?,19+,20+,22+,23+,24+/m1/s1. The minimum Gasteiger partial charge on any atom is -0.330 e. The van der Waals surface area contributed by atoms with Crippen molar-refractivity contribution in [3.05, 3.63) is 12.2 Å². The summed E-state index contributed by atoms with van der Waals surface area (Å²) in [6, 6.07) is 0. The number of carbonyl (C=O) groups is 2. The van der Waals surface area contributed by atoms with Crippen molar-refractivity contribution < 1.29 is 9.59 Å². The maximum absolute atomic E-state index is 12.6. The van der Waals surface area contributed by atoms with Crippen LogP contribution in [0.1, 0.15) is 71.6 Å². The Hall–Kier alpha value is -0.960. The molecule has 2 N–H and O–H groups in total. The van der Waals surface area contributed by atoms with Crippen LogP contribution >= 0.6 is 0 Å². The molecule has 0 aromatic heterocycles. The van der Waals surface area contributed by atoms with Crippen molar-refractivity contribution in [3.8, 4) is 0 Å². The highest BCUT2D eigenvalue weighted by atomic mass is 16.1. The summed E-state index contributed by atoms with van der Waals surface area (Å²) in [7, 11) is 0. The number of rotatable bonds is 4. The van der Waals surface area contributed by atoms with Crippen LogP contribution in [0.5, 0.6) is 0 Å². The number of nitrogens with two attached hydrogens (primary N) is 1. The zero-order valence-corrected chi connectivity index (χ0v) is 17.2. The largest absolute Gasteiger partial charge is 0.330 e. The molecule has 0 amide bonds. The van der Waals surface area contributed by atoms with Crippen LogP contribution in [-0.2, 0) is 9.59 Å². The number of carbonyl (C=O) groups excluding carboxylic acids is 2. The number of allylic oxidation sites excluding steroid dienone is 1. The van der Waals surface area contributed by atoms with Crippen LogP contribution in [0.2, 0.25) is 0 Å². The fourth-order valence-corrected chi connectivity index (χ4v) is 7.83. The molecule has 4 saturated carbocycles. The van der Waals surface area contributed by atoms with E-state index in [1.807, 2.05) is 0 Å². The maximum Gasteiger partial charge on any atom is 0.139 e. The zero-order valence-electron chi connectivity index (χ0n) is 17.2. The lowest BCUT2D eigenvalue weighted by Crippen LogP contribution is -2.56. The Morgan fingerprint density at radius 2 is 1.93 bits per heavy atom. The third-order valence-electron chi connectivity index (χ3n) is 9.43. The van der Waals surface area contributed by atoms with E-state index < -0.39 is 0 Å². The molecule has 0 bridgehead atoms. The van der Waals surface area contributed by atoms with Crippen LogP contribution in [0.3, 0.4) is 0 Å². The van der Waals surface area contributed by atoms with Gasteiger partial charge in [-0.2, -0.15) is 0 Å². The lowest BCUT2D eigenvalue weighted by atomic mass is 9.42. The molecule has 150 valence electrons. The molecule has 4 rings (SSSR count). The molecule has 0 spiro atoms. The van der Waals surface area contributed by atoms with Crippen LogP contribution in [0.4, 0.5) is 0 Å². The first-order valence-electron chi connectivity index (χ1n) is 11.3. The van der Waals surface area contributed by atoms with Crippen LogP contribution in [0.15, 0.2) is 12.2 Å². The molecule has 4 fully saturated rings. The molecular weight excluding hydrogens is 334 g/mol. The molecule has 27 heavy (non-hydrogen) atoms. The summed E-state index contributed by atoms with van der Waals surface area (Å²) < 4.78 is 0. The molecule has 0 radical (unpaired) electrons. The first-order chi connectivity index (χ1) is 12.9. The monoisotopic (exact) mass is 371 g/mol. The van der Waals surface area contributed by atoms with Crippen molar-refractivity contribution in [2.45, 2.75) is 71.6 Å². The van der Waals surface area contributed by atoms with Crippen molar-refractivity contribution in [2.24, 2.45) is 52.1 Å². The van der Waals surface area contributed by atoms with Crippen molar-refractivity contribution in [1.82, 2.24) is 0 Å². The summed E-state index contributed by atoms with van der Waals surface area (Å²) in [5.74, 6) is 3.45. The van der Waals surface area contributed by atoms with E-state index in [4.69, 9.17) is 5.73 Å². The van der Waals surface area contributed by atoms with Crippen molar-refractivity contribution >= 4 is 12.1 Å². The average molecular weight is 372 g/mol. The Morgan fingerprint density at radius 3 is 2.67 bits per heavy atom. The van der Waals surface area contributed by atoms with Gasteiger partial charge in [0.2, 0.25) is 0 Å². The Labute approximate surface area is 164 Å². The number of fused-ring (bicyclic) bond motifs is 5. The molecule has 2 unspecified atom stereocenters. The Balaban J connectivity index is 1.59. The molecule has 3 nitrogen and oxygen atoms in total. The number of hydrogen-bond donors (Lipinski definition) is 1. The number of hydrogen-bond acceptors (Lipinski definition) is 3. The summed E-state index contributed by atoms with van der Waals surface area (Å²) in [5, 5.41) is 0. The SMILES string of the molecule is C[C@]12CC[C@@H](C=CCCN)CC1CC(C=O)[C@@H]1[C@@H]2CC[C@]2(C)C(=O)CC[C@@H]12. The fraction of sp³-hybridized carbons (Fsp3) is 0.833. The van der Waals surface area contributed by atoms with Gasteiger partial charge in [0.25, 0.3) is 0 Å². The van der Waals surface area contributed by atoms with Crippen molar-refractivity contribution in [2.75, 3.05) is 6.54 Å². The normalized spacial score (nSPS) is 49.5. The lowest BCUT2D eigenvalue weighted by Gasteiger charge is -2.61. The highest BCUT2D eigenvalue weighted by Crippen LogP contribution is 2.67. The third-order valence-corrected chi connectivity index (χ3v) is 9.43. The van der Waals surface area contributed by atoms with Gasteiger partial charge in [0.15, 0.2) is 0 Å². The molecule has 0 saturated heterocycles. The maximum atomic E-state index is 12.6. The number of aldehydes is 1. The van der Waals surface area contributed by atoms with Crippen LogP contribution in [0, 0.1) is 46.3 Å². The minimum absolute atomic E-state index is 0.145. The van der Waals surface area contributed by atoms with Gasteiger partial charge in [-0.1, -0.05) is 26.0 Å². The van der Waals surface area contributed by atoms with E-state index in [-0.39, 0.29) is 11.3 Å². The van der Waals surface area contributed by atoms with Gasteiger partial charge in [-0.25, -0.2) is 0 Å². The van der Waals surface area contributed by atoms with Crippen molar-refractivity contribution in [3.63, 3.8) is 0 Å². The molecule has 0 heterocycles. The molecule has 4 aliphatic carbocycles. The Kier molecular flexibility index (Phi) is 5.12. The molecule has 8 atom stereocenters. The lowest BCUT2D eigenvalue weighted by molar-refractivity contribution is -0.154. The van der Waals surface area contributed by atoms with Gasteiger partial charge in [-0.15, -0.1) is 0 Å². The van der Waals surface area contributed by atoms with E-state index in [0.29, 0.717) is 40.8 Å². The van der Waals surface area contributed by atoms with E-state index in [0.717, 1.165) is 45.1 Å². The highest BCUT2D eigenvalue weighted by Gasteiger charge is 2.62. The van der Waals surface area contributed by atoms with Gasteiger partial charge in [-0.3, -0.25) is 4.79 Å². The summed E-state index contributed by atoms with van der Waals surface area (Å²) in [6.45, 7) is 5.45. The van der Waals surface area contributed by atoms with Gasteiger partial charge in [0, 0.05) is 17.8 Å². The van der Waals surface area contributed by atoms with E-state index >= 15 is 0 Å². The summed E-state index contributed by atoms with van der Waals surface area (Å²) in [4.78, 5) is 24.8. The first-order valence-corrected chi connectivity index (χ1v) is 11.3. The predicted molar refractivity (Wildman–Crippen MR) is 108 cm³/mol. The van der Waals surface area contributed by atoms with Gasteiger partial charge >= 0.3 is 0 Å². The second-order valence-electron chi connectivity index (χ2n) is 10.5. The second kappa shape index (κ2) is 7.13. The van der Waals surface area contributed by atoms with Gasteiger partial charge < -0.3 is 10.5 Å². The topological polar surface area (TPSA) is 60.2 Å². The summed E-state index contributed by atoms with van der Waals surface area (Å²) >= 11 is 0.